The van der Waals surface area contributed by atoms with Crippen molar-refractivity contribution >= 4 is 23.1 Å². The molecule has 8 nitrogen and oxygen atoms in total. The zero-order valence-corrected chi connectivity index (χ0v) is 20.5. The summed E-state index contributed by atoms with van der Waals surface area (Å²) in [6.07, 6.45) is 8.02. The van der Waals surface area contributed by atoms with E-state index in [0.717, 1.165) is 48.6 Å². The molecule has 5 rings (SSSR count). The van der Waals surface area contributed by atoms with Gasteiger partial charge in [-0.25, -0.2) is 4.98 Å². The fourth-order valence-electron chi connectivity index (χ4n) is 4.93. The number of hydrogen-bond donors (Lipinski definition) is 4. The Bertz CT molecular complexity index is 1240. The van der Waals surface area contributed by atoms with Crippen LogP contribution in [0.15, 0.2) is 66.9 Å². The normalized spacial score (nSPS) is 15.9. The van der Waals surface area contributed by atoms with Gasteiger partial charge in [0, 0.05) is 38.8 Å². The van der Waals surface area contributed by atoms with Gasteiger partial charge in [0.05, 0.1) is 11.9 Å². The maximum Gasteiger partial charge on any atom is 0.188 e. The van der Waals surface area contributed by atoms with E-state index in [0.29, 0.717) is 13.1 Å². The molecule has 2 aliphatic rings. The number of rotatable bonds is 4. The lowest BCUT2D eigenvalue weighted by atomic mass is 9.98. The summed E-state index contributed by atoms with van der Waals surface area (Å²) in [5.74, 6) is 1.20. The van der Waals surface area contributed by atoms with Gasteiger partial charge < -0.3 is 25.8 Å². The lowest BCUT2D eigenvalue weighted by molar-refractivity contribution is 0.451. The van der Waals surface area contributed by atoms with Crippen molar-refractivity contribution in [3.05, 3.63) is 78.0 Å². The fourth-order valence-corrected chi connectivity index (χ4v) is 4.93. The minimum absolute atomic E-state index is 0.132. The second-order valence-corrected chi connectivity index (χ2v) is 9.30. The second kappa shape index (κ2) is 9.73. The second-order valence-electron chi connectivity index (χ2n) is 9.30. The third kappa shape index (κ3) is 4.62. The number of hydrogen-bond acceptors (Lipinski definition) is 3. The van der Waals surface area contributed by atoms with Crippen LogP contribution in [0.25, 0.3) is 33.8 Å². The minimum Gasteiger partial charge on any atom is -0.370 e. The quantitative estimate of drug-likeness (QED) is 0.335. The van der Waals surface area contributed by atoms with Crippen LogP contribution in [-0.2, 0) is 7.05 Å². The first-order valence-corrected chi connectivity index (χ1v) is 12.2. The molecule has 0 radical (unpaired) electrons. The molecular formula is C28H32N8. The highest BCUT2D eigenvalue weighted by Crippen LogP contribution is 2.30. The molecule has 6 N–H and O–H groups in total. The number of nitrogens with zero attached hydrogens (tertiary/aromatic N) is 4. The van der Waals surface area contributed by atoms with Crippen LogP contribution in [0.4, 0.5) is 0 Å². The number of imidazole rings is 1. The first-order valence-electron chi connectivity index (χ1n) is 12.2. The molecule has 0 unspecified atom stereocenters. The van der Waals surface area contributed by atoms with E-state index in [9.17, 15) is 0 Å². The number of aromatic nitrogens is 2. The molecule has 2 aromatic carbocycles. The van der Waals surface area contributed by atoms with Gasteiger partial charge in [-0.05, 0) is 40.7 Å². The molecule has 8 heteroatoms. The number of nitrogens with one attached hydrogen (secondary N) is 2. The summed E-state index contributed by atoms with van der Waals surface area (Å²) in [5.41, 5.74) is 19.5. The predicted molar refractivity (Wildman–Crippen MR) is 146 cm³/mol. The van der Waals surface area contributed by atoms with Crippen LogP contribution >= 0.6 is 0 Å². The van der Waals surface area contributed by atoms with Crippen LogP contribution in [0.5, 0.6) is 0 Å². The maximum absolute atomic E-state index is 7.60. The summed E-state index contributed by atoms with van der Waals surface area (Å²) in [4.78, 5) is 8.47. The lowest BCUT2D eigenvalue weighted by Gasteiger charge is -2.26. The van der Waals surface area contributed by atoms with E-state index in [1.165, 1.54) is 22.3 Å². The highest BCUT2D eigenvalue weighted by Gasteiger charge is 2.16. The smallest absolute Gasteiger partial charge is 0.188 e. The van der Waals surface area contributed by atoms with Crippen molar-refractivity contribution in [1.82, 2.24) is 19.4 Å². The maximum atomic E-state index is 7.60. The first-order chi connectivity index (χ1) is 17.4. The standard InChI is InChI=1S/C28H32N8/c1-34-25(23-6-2-19(3-7-23)21-10-14-35(15-11-21)27(29)30)18-33-26(34)24-8-4-20(5-9-24)22-12-16-36(17-13-22)28(31)32/h2-10,12,18H,11,13-17H2,1H3,(H3,29,30)(H3,31,32). The molecule has 0 bridgehead atoms. The van der Waals surface area contributed by atoms with E-state index in [-0.39, 0.29) is 11.9 Å². The average molecular weight is 481 g/mol. The third-order valence-corrected chi connectivity index (χ3v) is 7.15. The van der Waals surface area contributed by atoms with Crippen molar-refractivity contribution < 1.29 is 0 Å². The third-order valence-electron chi connectivity index (χ3n) is 7.15. The molecule has 184 valence electrons. The van der Waals surface area contributed by atoms with Crippen LogP contribution in [0.3, 0.4) is 0 Å². The Hall–Kier alpha value is -4.33. The molecule has 3 aromatic rings. The van der Waals surface area contributed by atoms with Gasteiger partial charge in [0.15, 0.2) is 11.9 Å². The molecule has 0 atom stereocenters. The van der Waals surface area contributed by atoms with E-state index in [2.05, 4.69) is 72.3 Å². The summed E-state index contributed by atoms with van der Waals surface area (Å²) in [6, 6.07) is 17.2. The SMILES string of the molecule is Cn1c(-c2ccc(C3=CCN(C(=N)N)CC3)cc2)cnc1-c1ccc(C2=CCN(C(=N)N)CC2)cc1. The topological polar surface area (TPSA) is 124 Å². The Balaban J connectivity index is 1.31. The molecule has 2 aliphatic heterocycles. The van der Waals surface area contributed by atoms with Gasteiger partial charge in [0.2, 0.25) is 0 Å². The molecule has 1 aromatic heterocycles. The van der Waals surface area contributed by atoms with Crippen molar-refractivity contribution in [3.8, 4) is 22.6 Å². The van der Waals surface area contributed by atoms with Crippen LogP contribution in [-0.4, -0.2) is 57.4 Å². The summed E-state index contributed by atoms with van der Waals surface area (Å²) in [7, 11) is 2.06. The summed E-state index contributed by atoms with van der Waals surface area (Å²) >= 11 is 0. The molecule has 0 aliphatic carbocycles. The van der Waals surface area contributed by atoms with E-state index >= 15 is 0 Å². The van der Waals surface area contributed by atoms with E-state index in [4.69, 9.17) is 27.3 Å². The Kier molecular flexibility index (Phi) is 6.33. The van der Waals surface area contributed by atoms with Crippen LogP contribution in [0.1, 0.15) is 24.0 Å². The monoisotopic (exact) mass is 480 g/mol. The molecule has 3 heterocycles. The summed E-state index contributed by atoms with van der Waals surface area (Å²) < 4.78 is 2.14. The van der Waals surface area contributed by atoms with Crippen molar-refractivity contribution in [2.45, 2.75) is 12.8 Å². The number of guanidine groups is 2. The first kappa shape index (κ1) is 23.4. The van der Waals surface area contributed by atoms with Gasteiger partial charge in [-0.1, -0.05) is 60.7 Å². The molecule has 0 amide bonds. The number of benzene rings is 2. The molecule has 0 spiro atoms. The van der Waals surface area contributed by atoms with Crippen molar-refractivity contribution in [3.63, 3.8) is 0 Å². The summed E-state index contributed by atoms with van der Waals surface area (Å²) in [6.45, 7) is 2.92. The molecule has 36 heavy (non-hydrogen) atoms. The van der Waals surface area contributed by atoms with E-state index in [1.807, 2.05) is 16.0 Å². The number of nitrogens with two attached hydrogens (primary N) is 2. The van der Waals surface area contributed by atoms with E-state index in [1.54, 1.807) is 0 Å². The minimum atomic E-state index is 0.132. The van der Waals surface area contributed by atoms with Crippen LogP contribution < -0.4 is 11.5 Å². The van der Waals surface area contributed by atoms with Gasteiger partial charge in [0.1, 0.15) is 5.82 Å². The Morgan fingerprint density at radius 3 is 1.58 bits per heavy atom. The fraction of sp³-hybridized carbons (Fsp3) is 0.250. The molecular weight excluding hydrogens is 448 g/mol. The largest absolute Gasteiger partial charge is 0.370 e. The van der Waals surface area contributed by atoms with Gasteiger partial charge in [-0.3, -0.25) is 10.8 Å². The molecule has 0 fully saturated rings. The zero-order valence-electron chi connectivity index (χ0n) is 20.5. The van der Waals surface area contributed by atoms with Crippen molar-refractivity contribution in [1.29, 1.82) is 10.8 Å². The van der Waals surface area contributed by atoms with Gasteiger partial charge in [-0.2, -0.15) is 0 Å². The summed E-state index contributed by atoms with van der Waals surface area (Å²) in [5, 5.41) is 15.2. The van der Waals surface area contributed by atoms with Crippen molar-refractivity contribution in [2.75, 3.05) is 26.2 Å². The van der Waals surface area contributed by atoms with Crippen LogP contribution in [0.2, 0.25) is 0 Å². The van der Waals surface area contributed by atoms with Crippen molar-refractivity contribution in [2.24, 2.45) is 18.5 Å². The Morgan fingerprint density at radius 1 is 0.722 bits per heavy atom. The molecule has 0 saturated carbocycles. The Morgan fingerprint density at radius 2 is 1.17 bits per heavy atom. The average Bonchev–Trinajstić information content (AvgIpc) is 3.30. The van der Waals surface area contributed by atoms with Gasteiger partial charge in [-0.15, -0.1) is 0 Å². The predicted octanol–water partition coefficient (Wildman–Crippen LogP) is 3.72. The zero-order chi connectivity index (χ0) is 25.2. The van der Waals surface area contributed by atoms with Crippen LogP contribution in [0, 0.1) is 10.8 Å². The van der Waals surface area contributed by atoms with Gasteiger partial charge in [0.25, 0.3) is 0 Å². The highest BCUT2D eigenvalue weighted by atomic mass is 15.2. The highest BCUT2D eigenvalue weighted by molar-refractivity contribution is 5.78. The van der Waals surface area contributed by atoms with Gasteiger partial charge >= 0.3 is 0 Å². The van der Waals surface area contributed by atoms with E-state index < -0.39 is 0 Å². The molecule has 0 saturated heterocycles. The Labute approximate surface area is 211 Å². The lowest BCUT2D eigenvalue weighted by Crippen LogP contribution is -2.39.